The Bertz CT molecular complexity index is 347. The summed E-state index contributed by atoms with van der Waals surface area (Å²) in [5.41, 5.74) is 12.3. The van der Waals surface area contributed by atoms with Gasteiger partial charge in [-0.2, -0.15) is 0 Å². The van der Waals surface area contributed by atoms with Gasteiger partial charge in [-0.05, 0) is 24.6 Å². The number of aliphatic hydroxyl groups excluding tert-OH is 1. The number of rotatable bonds is 5. The van der Waals surface area contributed by atoms with Gasteiger partial charge in [0.25, 0.3) is 0 Å². The normalized spacial score (nSPS) is 14.6. The summed E-state index contributed by atoms with van der Waals surface area (Å²) >= 11 is 6.02. The Balaban J connectivity index is 2.87. The molecule has 1 aromatic carbocycles. The van der Waals surface area contributed by atoms with E-state index in [2.05, 4.69) is 0 Å². The fourth-order valence-electron chi connectivity index (χ4n) is 1.36. The zero-order chi connectivity index (χ0) is 12.1. The quantitative estimate of drug-likeness (QED) is 0.723. The summed E-state index contributed by atoms with van der Waals surface area (Å²) in [7, 11) is 0. The molecule has 0 aliphatic carbocycles. The maximum atomic E-state index is 8.91. The van der Waals surface area contributed by atoms with E-state index >= 15 is 0 Å². The molecule has 0 saturated heterocycles. The van der Waals surface area contributed by atoms with Crippen LogP contribution in [0.15, 0.2) is 18.2 Å². The molecular weight excluding hydrogens is 228 g/mol. The minimum atomic E-state index is -0.492. The van der Waals surface area contributed by atoms with Gasteiger partial charge in [0.1, 0.15) is 5.75 Å². The third-order valence-corrected chi connectivity index (χ3v) is 2.61. The number of hydrogen-bond donors (Lipinski definition) is 3. The highest BCUT2D eigenvalue weighted by Crippen LogP contribution is 2.27. The molecule has 0 aromatic heterocycles. The minimum Gasteiger partial charge on any atom is -0.492 e. The van der Waals surface area contributed by atoms with E-state index in [0.29, 0.717) is 17.4 Å². The van der Waals surface area contributed by atoms with Crippen molar-refractivity contribution < 1.29 is 9.84 Å². The van der Waals surface area contributed by atoms with Gasteiger partial charge in [0.2, 0.25) is 0 Å². The number of benzene rings is 1. The van der Waals surface area contributed by atoms with E-state index in [9.17, 15) is 0 Å². The molecule has 1 aromatic rings. The van der Waals surface area contributed by atoms with Crippen LogP contribution >= 0.6 is 11.6 Å². The molecule has 0 heterocycles. The summed E-state index contributed by atoms with van der Waals surface area (Å²) in [5, 5.41) is 9.41. The van der Waals surface area contributed by atoms with E-state index in [4.69, 9.17) is 32.9 Å². The average molecular weight is 245 g/mol. The van der Waals surface area contributed by atoms with Gasteiger partial charge >= 0.3 is 0 Å². The van der Waals surface area contributed by atoms with Crippen molar-refractivity contribution in [3.63, 3.8) is 0 Å². The van der Waals surface area contributed by atoms with Crippen LogP contribution in [0.5, 0.6) is 5.75 Å². The van der Waals surface area contributed by atoms with Crippen LogP contribution < -0.4 is 16.2 Å². The van der Waals surface area contributed by atoms with Gasteiger partial charge in [-0.1, -0.05) is 17.7 Å². The van der Waals surface area contributed by atoms with Gasteiger partial charge in [0, 0.05) is 12.1 Å². The molecule has 4 nitrogen and oxygen atoms in total. The summed E-state index contributed by atoms with van der Waals surface area (Å²) in [6.45, 7) is 2.28. The molecule has 2 atom stereocenters. The molecule has 0 bridgehead atoms. The van der Waals surface area contributed by atoms with Crippen LogP contribution in [-0.4, -0.2) is 24.4 Å². The largest absolute Gasteiger partial charge is 0.492 e. The first kappa shape index (κ1) is 13.3. The van der Waals surface area contributed by atoms with E-state index in [-0.39, 0.29) is 6.61 Å². The van der Waals surface area contributed by atoms with Crippen molar-refractivity contribution in [2.45, 2.75) is 19.0 Å². The summed E-state index contributed by atoms with van der Waals surface area (Å²) in [6.07, 6.45) is 0. The molecule has 0 spiro atoms. The molecule has 0 saturated carbocycles. The molecule has 1 rings (SSSR count). The predicted molar refractivity (Wildman–Crippen MR) is 64.6 cm³/mol. The Morgan fingerprint density at radius 1 is 1.44 bits per heavy atom. The van der Waals surface area contributed by atoms with Crippen LogP contribution in [0.1, 0.15) is 18.5 Å². The van der Waals surface area contributed by atoms with Crippen LogP contribution in [0, 0.1) is 0 Å². The van der Waals surface area contributed by atoms with Gasteiger partial charge in [-0.3, -0.25) is 0 Å². The van der Waals surface area contributed by atoms with Crippen LogP contribution in [0.4, 0.5) is 0 Å². The first-order valence-electron chi connectivity index (χ1n) is 5.14. The molecule has 90 valence electrons. The molecule has 16 heavy (non-hydrogen) atoms. The SMILES string of the molecule is CCOc1ccc(C(N)C(N)CO)cc1Cl. The molecule has 0 fully saturated rings. The summed E-state index contributed by atoms with van der Waals surface area (Å²) in [6, 6.07) is 4.35. The Kier molecular flexibility index (Phi) is 5.02. The standard InChI is InChI=1S/C11H17ClN2O2/c1-2-16-10-4-3-7(5-8(10)12)11(14)9(13)6-15/h3-5,9,11,15H,2,6,13-14H2,1H3. The van der Waals surface area contributed by atoms with Gasteiger partial charge in [-0.15, -0.1) is 0 Å². The van der Waals surface area contributed by atoms with Crippen LogP contribution in [0.2, 0.25) is 5.02 Å². The van der Waals surface area contributed by atoms with Crippen molar-refractivity contribution in [2.75, 3.05) is 13.2 Å². The molecule has 0 amide bonds. The first-order chi connectivity index (χ1) is 7.60. The second-order valence-electron chi connectivity index (χ2n) is 3.50. The third kappa shape index (κ3) is 3.09. The third-order valence-electron chi connectivity index (χ3n) is 2.31. The fraction of sp³-hybridized carbons (Fsp3) is 0.455. The van der Waals surface area contributed by atoms with Crippen molar-refractivity contribution in [3.05, 3.63) is 28.8 Å². The highest BCUT2D eigenvalue weighted by molar-refractivity contribution is 6.32. The van der Waals surface area contributed by atoms with Crippen molar-refractivity contribution in [1.82, 2.24) is 0 Å². The monoisotopic (exact) mass is 244 g/mol. The first-order valence-corrected chi connectivity index (χ1v) is 5.52. The highest BCUT2D eigenvalue weighted by atomic mass is 35.5. The van der Waals surface area contributed by atoms with E-state index in [1.54, 1.807) is 18.2 Å². The zero-order valence-electron chi connectivity index (χ0n) is 9.19. The maximum Gasteiger partial charge on any atom is 0.137 e. The van der Waals surface area contributed by atoms with Gasteiger partial charge in [0.05, 0.1) is 18.2 Å². The number of hydrogen-bond acceptors (Lipinski definition) is 4. The highest BCUT2D eigenvalue weighted by Gasteiger charge is 2.15. The second kappa shape index (κ2) is 6.06. The lowest BCUT2D eigenvalue weighted by Crippen LogP contribution is -2.37. The van der Waals surface area contributed by atoms with Crippen molar-refractivity contribution in [3.8, 4) is 5.75 Å². The van der Waals surface area contributed by atoms with Crippen LogP contribution in [0.3, 0.4) is 0 Å². The summed E-state index contributed by atoms with van der Waals surface area (Å²) in [5.74, 6) is 0.623. The van der Waals surface area contributed by atoms with Crippen molar-refractivity contribution in [2.24, 2.45) is 11.5 Å². The van der Waals surface area contributed by atoms with Gasteiger partial charge < -0.3 is 21.3 Å². The lowest BCUT2D eigenvalue weighted by molar-refractivity contribution is 0.249. The van der Waals surface area contributed by atoms with Crippen molar-refractivity contribution >= 4 is 11.6 Å². The smallest absolute Gasteiger partial charge is 0.137 e. The molecule has 0 radical (unpaired) electrons. The topological polar surface area (TPSA) is 81.5 Å². The summed E-state index contributed by atoms with van der Waals surface area (Å²) in [4.78, 5) is 0. The minimum absolute atomic E-state index is 0.161. The Morgan fingerprint density at radius 3 is 2.62 bits per heavy atom. The molecule has 2 unspecified atom stereocenters. The number of ether oxygens (including phenoxy) is 1. The van der Waals surface area contributed by atoms with Gasteiger partial charge in [0.15, 0.2) is 0 Å². The molecule has 0 aliphatic heterocycles. The Labute approximate surface area is 100 Å². The Hall–Kier alpha value is -0.810. The summed E-state index contributed by atoms with van der Waals surface area (Å²) < 4.78 is 5.30. The van der Waals surface area contributed by atoms with E-state index in [0.717, 1.165) is 5.56 Å². The lowest BCUT2D eigenvalue weighted by Gasteiger charge is -2.18. The lowest BCUT2D eigenvalue weighted by atomic mass is 10.0. The maximum absolute atomic E-state index is 8.91. The van der Waals surface area contributed by atoms with Gasteiger partial charge in [-0.25, -0.2) is 0 Å². The fourth-order valence-corrected chi connectivity index (χ4v) is 1.60. The molecule has 5 N–H and O–H groups in total. The number of halogens is 1. The molecular formula is C11H17ClN2O2. The van der Waals surface area contributed by atoms with E-state index in [1.165, 1.54) is 0 Å². The Morgan fingerprint density at radius 2 is 2.12 bits per heavy atom. The zero-order valence-corrected chi connectivity index (χ0v) is 9.95. The molecule has 0 aliphatic rings. The van der Waals surface area contributed by atoms with Crippen LogP contribution in [-0.2, 0) is 0 Å². The van der Waals surface area contributed by atoms with E-state index < -0.39 is 12.1 Å². The number of nitrogens with two attached hydrogens (primary N) is 2. The molecule has 5 heteroatoms. The van der Waals surface area contributed by atoms with Crippen LogP contribution in [0.25, 0.3) is 0 Å². The number of aliphatic hydroxyl groups is 1. The second-order valence-corrected chi connectivity index (χ2v) is 3.90. The predicted octanol–water partition coefficient (Wildman–Crippen LogP) is 1.06. The average Bonchev–Trinajstić information content (AvgIpc) is 2.30. The van der Waals surface area contributed by atoms with E-state index in [1.807, 2.05) is 6.92 Å². The van der Waals surface area contributed by atoms with Crippen molar-refractivity contribution in [1.29, 1.82) is 0 Å².